The average Bonchev–Trinajstić information content (AvgIpc) is 2.68. The number of nitrogens with one attached hydrogen (secondary N) is 2. The summed E-state index contributed by atoms with van der Waals surface area (Å²) in [6.07, 6.45) is 0. The van der Waals surface area contributed by atoms with E-state index in [0.717, 1.165) is 37.5 Å². The highest BCUT2D eigenvalue weighted by atomic mass is 16.5. The Kier molecular flexibility index (Phi) is 5.68. The zero-order valence-electron chi connectivity index (χ0n) is 14.8. The number of ether oxygens (including phenoxy) is 1. The third kappa shape index (κ3) is 4.18. The number of rotatable bonds is 5. The minimum atomic E-state index is -0.0510. The first-order valence-corrected chi connectivity index (χ1v) is 8.61. The van der Waals surface area contributed by atoms with Crippen molar-refractivity contribution in [2.45, 2.75) is 12.6 Å². The van der Waals surface area contributed by atoms with Gasteiger partial charge in [0, 0.05) is 44.8 Å². The summed E-state index contributed by atoms with van der Waals surface area (Å²) < 4.78 is 5.33. The molecule has 1 unspecified atom stereocenters. The summed E-state index contributed by atoms with van der Waals surface area (Å²) in [7, 11) is 3.35. The Morgan fingerprint density at radius 1 is 1.28 bits per heavy atom. The number of carbonyl (C=O) groups is 1. The summed E-state index contributed by atoms with van der Waals surface area (Å²) in [5, 5.41) is 6.16. The Morgan fingerprint density at radius 3 is 2.92 bits per heavy atom. The number of amides is 1. The summed E-state index contributed by atoms with van der Waals surface area (Å²) >= 11 is 0. The smallest absolute Gasteiger partial charge is 0.251 e. The SMILES string of the molecule is CNC(=O)c1cccc(C2CNCCN2Cc2cccc(OC)c2)c1. The summed E-state index contributed by atoms with van der Waals surface area (Å²) in [4.78, 5) is 14.4. The van der Waals surface area contributed by atoms with E-state index in [1.165, 1.54) is 5.56 Å². The van der Waals surface area contributed by atoms with Crippen LogP contribution in [0.2, 0.25) is 0 Å². The van der Waals surface area contributed by atoms with E-state index < -0.39 is 0 Å². The first-order chi connectivity index (χ1) is 12.2. The molecule has 0 aromatic heterocycles. The van der Waals surface area contributed by atoms with E-state index in [0.29, 0.717) is 5.56 Å². The number of carbonyl (C=O) groups excluding carboxylic acids is 1. The molecule has 3 rings (SSSR count). The molecule has 2 N–H and O–H groups in total. The second-order valence-corrected chi connectivity index (χ2v) is 6.25. The lowest BCUT2D eigenvalue weighted by atomic mass is 9.99. The van der Waals surface area contributed by atoms with Gasteiger partial charge >= 0.3 is 0 Å². The van der Waals surface area contributed by atoms with E-state index in [1.54, 1.807) is 14.2 Å². The Morgan fingerprint density at radius 2 is 2.12 bits per heavy atom. The fourth-order valence-electron chi connectivity index (χ4n) is 3.30. The molecule has 1 saturated heterocycles. The molecule has 1 fully saturated rings. The van der Waals surface area contributed by atoms with Crippen molar-refractivity contribution in [2.75, 3.05) is 33.8 Å². The molecule has 1 aliphatic heterocycles. The molecule has 0 bridgehead atoms. The van der Waals surface area contributed by atoms with Crippen LogP contribution in [0.4, 0.5) is 0 Å². The maximum absolute atomic E-state index is 11.9. The minimum absolute atomic E-state index is 0.0510. The molecular formula is C20H25N3O2. The number of hydrogen-bond donors (Lipinski definition) is 2. The van der Waals surface area contributed by atoms with Crippen molar-refractivity contribution in [1.82, 2.24) is 15.5 Å². The van der Waals surface area contributed by atoms with Crippen LogP contribution in [0.15, 0.2) is 48.5 Å². The van der Waals surface area contributed by atoms with Gasteiger partial charge in [-0.1, -0.05) is 24.3 Å². The van der Waals surface area contributed by atoms with Crippen LogP contribution in [0.25, 0.3) is 0 Å². The summed E-state index contributed by atoms with van der Waals surface area (Å²) in [5.41, 5.74) is 3.09. The van der Waals surface area contributed by atoms with Crippen LogP contribution >= 0.6 is 0 Å². The second kappa shape index (κ2) is 8.14. The number of hydrogen-bond acceptors (Lipinski definition) is 4. The largest absolute Gasteiger partial charge is 0.497 e. The number of nitrogens with zero attached hydrogens (tertiary/aromatic N) is 1. The fourth-order valence-corrected chi connectivity index (χ4v) is 3.30. The van der Waals surface area contributed by atoms with Crippen molar-refractivity contribution in [3.05, 3.63) is 65.2 Å². The predicted molar refractivity (Wildman–Crippen MR) is 98.8 cm³/mol. The van der Waals surface area contributed by atoms with Gasteiger partial charge in [-0.15, -0.1) is 0 Å². The molecule has 0 radical (unpaired) electrons. The topological polar surface area (TPSA) is 53.6 Å². The van der Waals surface area contributed by atoms with E-state index in [-0.39, 0.29) is 11.9 Å². The van der Waals surface area contributed by atoms with Crippen molar-refractivity contribution in [1.29, 1.82) is 0 Å². The first kappa shape index (κ1) is 17.5. The monoisotopic (exact) mass is 339 g/mol. The van der Waals surface area contributed by atoms with Crippen molar-refractivity contribution >= 4 is 5.91 Å². The van der Waals surface area contributed by atoms with Crippen molar-refractivity contribution in [2.24, 2.45) is 0 Å². The van der Waals surface area contributed by atoms with Crippen LogP contribution in [-0.2, 0) is 6.54 Å². The standard InChI is InChI=1S/C20H25N3O2/c1-21-20(24)17-7-4-6-16(12-17)19-13-22-9-10-23(19)14-15-5-3-8-18(11-15)25-2/h3-8,11-12,19,22H,9-10,13-14H2,1-2H3,(H,21,24). The van der Waals surface area contributed by atoms with E-state index in [2.05, 4.69) is 33.7 Å². The Balaban J connectivity index is 1.82. The van der Waals surface area contributed by atoms with Crippen LogP contribution in [0.3, 0.4) is 0 Å². The van der Waals surface area contributed by atoms with Gasteiger partial charge in [-0.3, -0.25) is 9.69 Å². The zero-order valence-corrected chi connectivity index (χ0v) is 14.8. The van der Waals surface area contributed by atoms with Gasteiger partial charge in [-0.05, 0) is 35.4 Å². The zero-order chi connectivity index (χ0) is 17.6. The van der Waals surface area contributed by atoms with Crippen molar-refractivity contribution < 1.29 is 9.53 Å². The predicted octanol–water partition coefficient (Wildman–Crippen LogP) is 2.20. The molecule has 132 valence electrons. The van der Waals surface area contributed by atoms with Crippen molar-refractivity contribution in [3.63, 3.8) is 0 Å². The Labute approximate surface area is 149 Å². The molecule has 2 aromatic rings. The molecule has 1 heterocycles. The molecule has 0 aliphatic carbocycles. The highest BCUT2D eigenvalue weighted by Gasteiger charge is 2.24. The number of methoxy groups -OCH3 is 1. The van der Waals surface area contributed by atoms with Gasteiger partial charge in [-0.2, -0.15) is 0 Å². The van der Waals surface area contributed by atoms with Gasteiger partial charge in [0.25, 0.3) is 5.91 Å². The number of benzene rings is 2. The summed E-state index contributed by atoms with van der Waals surface area (Å²) in [6.45, 7) is 3.66. The molecule has 5 nitrogen and oxygen atoms in total. The van der Waals surface area contributed by atoms with Gasteiger partial charge in [0.15, 0.2) is 0 Å². The van der Waals surface area contributed by atoms with Gasteiger partial charge in [0.1, 0.15) is 5.75 Å². The molecule has 2 aromatic carbocycles. The molecule has 1 aliphatic rings. The lowest BCUT2D eigenvalue weighted by Crippen LogP contribution is -2.45. The van der Waals surface area contributed by atoms with Crippen molar-refractivity contribution in [3.8, 4) is 5.75 Å². The van der Waals surface area contributed by atoms with Gasteiger partial charge < -0.3 is 15.4 Å². The molecule has 0 spiro atoms. The molecule has 5 heteroatoms. The van der Waals surface area contributed by atoms with E-state index in [4.69, 9.17) is 4.74 Å². The Bertz CT molecular complexity index is 732. The maximum Gasteiger partial charge on any atom is 0.251 e. The van der Waals surface area contributed by atoms with Crippen LogP contribution in [0.1, 0.15) is 27.5 Å². The lowest BCUT2D eigenvalue weighted by Gasteiger charge is -2.36. The summed E-state index contributed by atoms with van der Waals surface area (Å²) in [6, 6.07) is 16.3. The minimum Gasteiger partial charge on any atom is -0.497 e. The normalized spacial score (nSPS) is 17.9. The third-order valence-electron chi connectivity index (χ3n) is 4.63. The highest BCUT2D eigenvalue weighted by Crippen LogP contribution is 2.26. The Hall–Kier alpha value is -2.37. The second-order valence-electron chi connectivity index (χ2n) is 6.25. The van der Waals surface area contributed by atoms with Gasteiger partial charge in [0.05, 0.1) is 7.11 Å². The molecule has 1 amide bonds. The lowest BCUT2D eigenvalue weighted by molar-refractivity contribution is 0.0962. The van der Waals surface area contributed by atoms with Crippen LogP contribution < -0.4 is 15.4 Å². The van der Waals surface area contributed by atoms with E-state index in [9.17, 15) is 4.79 Å². The maximum atomic E-state index is 11.9. The number of piperazine rings is 1. The fraction of sp³-hybridized carbons (Fsp3) is 0.350. The van der Waals surface area contributed by atoms with Gasteiger partial charge in [-0.25, -0.2) is 0 Å². The van der Waals surface area contributed by atoms with E-state index >= 15 is 0 Å². The van der Waals surface area contributed by atoms with Crippen LogP contribution in [-0.4, -0.2) is 44.6 Å². The van der Waals surface area contributed by atoms with Crippen LogP contribution in [0, 0.1) is 0 Å². The quantitative estimate of drug-likeness (QED) is 0.877. The average molecular weight is 339 g/mol. The first-order valence-electron chi connectivity index (χ1n) is 8.61. The molecule has 0 saturated carbocycles. The van der Waals surface area contributed by atoms with E-state index in [1.807, 2.05) is 30.3 Å². The summed E-state index contributed by atoms with van der Waals surface area (Å²) in [5.74, 6) is 0.829. The molecule has 1 atom stereocenters. The molecular weight excluding hydrogens is 314 g/mol. The molecule has 25 heavy (non-hydrogen) atoms. The third-order valence-corrected chi connectivity index (χ3v) is 4.63. The highest BCUT2D eigenvalue weighted by molar-refractivity contribution is 5.94. The van der Waals surface area contributed by atoms with Gasteiger partial charge in [0.2, 0.25) is 0 Å². The van der Waals surface area contributed by atoms with Crippen LogP contribution in [0.5, 0.6) is 5.75 Å².